The molecule has 1 aromatic heterocycles. The number of Topliss-reactive ketones (excluding diaryl/α,β-unsaturated/α-hetero) is 1. The van der Waals surface area contributed by atoms with Crippen LogP contribution in [-0.2, 0) is 24.0 Å². The zero-order chi connectivity index (χ0) is 23.5. The number of carbonyl (C=O) groups excluding carboxylic acids is 1. The van der Waals surface area contributed by atoms with Crippen molar-refractivity contribution in [2.45, 2.75) is 39.0 Å². The van der Waals surface area contributed by atoms with Gasteiger partial charge in [-0.25, -0.2) is 8.78 Å². The van der Waals surface area contributed by atoms with Crippen LogP contribution >= 0.6 is 23.1 Å². The zero-order valence-corrected chi connectivity index (χ0v) is 18.3. The molecular formula is C22H17ClF5NO2S. The van der Waals surface area contributed by atoms with Gasteiger partial charge in [-0.15, -0.1) is 0 Å². The van der Waals surface area contributed by atoms with Crippen LogP contribution in [0.3, 0.4) is 0 Å². The molecule has 0 unspecified atom stereocenters. The highest BCUT2D eigenvalue weighted by Gasteiger charge is 2.38. The van der Waals surface area contributed by atoms with Crippen LogP contribution in [0.1, 0.15) is 41.3 Å². The summed E-state index contributed by atoms with van der Waals surface area (Å²) >= 11 is 6.15. The molecule has 0 radical (unpaired) electrons. The number of halogens is 6. The van der Waals surface area contributed by atoms with E-state index in [0.29, 0.717) is 22.1 Å². The highest BCUT2D eigenvalue weighted by Crippen LogP contribution is 2.40. The summed E-state index contributed by atoms with van der Waals surface area (Å²) in [6.45, 7) is 0.851. The number of aromatic nitrogens is 1. The number of benzene rings is 2. The van der Waals surface area contributed by atoms with Crippen LogP contribution < -0.4 is 4.74 Å². The molecule has 10 heteroatoms. The summed E-state index contributed by atoms with van der Waals surface area (Å²) in [5.41, 5.74) is 0.293. The van der Waals surface area contributed by atoms with Gasteiger partial charge in [-0.3, -0.25) is 0 Å². The van der Waals surface area contributed by atoms with E-state index in [9.17, 15) is 26.7 Å². The van der Waals surface area contributed by atoms with Crippen LogP contribution in [0.25, 0.3) is 11.3 Å². The number of nitrogens with zero attached hydrogens (tertiary/aromatic N) is 1. The Morgan fingerprint density at radius 2 is 1.84 bits per heavy atom. The summed E-state index contributed by atoms with van der Waals surface area (Å²) in [6, 6.07) is 10.0. The molecule has 32 heavy (non-hydrogen) atoms. The Balaban J connectivity index is 1.90. The Morgan fingerprint density at radius 3 is 2.44 bits per heavy atom. The van der Waals surface area contributed by atoms with Crippen molar-refractivity contribution in [3.8, 4) is 17.0 Å². The normalized spacial score (nSPS) is 11.8. The van der Waals surface area contributed by atoms with E-state index in [0.717, 1.165) is 6.07 Å². The van der Waals surface area contributed by atoms with Crippen molar-refractivity contribution >= 4 is 28.9 Å². The molecule has 0 aliphatic carbocycles. The molecular weight excluding hydrogens is 473 g/mol. The number of hydrogen-bond acceptors (Lipinski definition) is 4. The minimum absolute atomic E-state index is 0.00624. The van der Waals surface area contributed by atoms with Crippen LogP contribution in [0.4, 0.5) is 22.0 Å². The Kier molecular flexibility index (Phi) is 7.51. The second-order valence-electron chi connectivity index (χ2n) is 7.00. The summed E-state index contributed by atoms with van der Waals surface area (Å²) in [5, 5.41) is 0.419. The predicted molar refractivity (Wildman–Crippen MR) is 112 cm³/mol. The van der Waals surface area contributed by atoms with E-state index in [1.54, 1.807) is 12.1 Å². The van der Waals surface area contributed by atoms with Gasteiger partial charge in [0, 0.05) is 28.1 Å². The minimum Gasteiger partial charge on any atom is -0.489 e. The molecule has 0 aliphatic heterocycles. The fourth-order valence-electron chi connectivity index (χ4n) is 3.06. The van der Waals surface area contributed by atoms with Crippen LogP contribution in [-0.4, -0.2) is 10.2 Å². The first-order chi connectivity index (χ1) is 15.1. The lowest BCUT2D eigenvalue weighted by molar-refractivity contribution is -0.135. The fraction of sp³-hybridized carbons (Fsp3) is 0.273. The quantitative estimate of drug-likeness (QED) is 0.307. The molecule has 0 spiro atoms. The lowest BCUT2D eigenvalue weighted by atomic mass is 10.0. The third-order valence-corrected chi connectivity index (χ3v) is 5.83. The van der Waals surface area contributed by atoms with Gasteiger partial charge in [0.05, 0.1) is 5.69 Å². The number of rotatable bonds is 8. The van der Waals surface area contributed by atoms with Crippen molar-refractivity contribution in [2.24, 2.45) is 0 Å². The maximum Gasteiger partial charge on any atom is 0.427 e. The molecule has 0 fully saturated rings. The molecule has 0 atom stereocenters. The summed E-state index contributed by atoms with van der Waals surface area (Å²) in [4.78, 5) is 10.2. The molecule has 0 amide bonds. The van der Waals surface area contributed by atoms with Crippen LogP contribution in [0.5, 0.6) is 5.75 Å². The van der Waals surface area contributed by atoms with Crippen LogP contribution in [0.2, 0.25) is 5.02 Å². The zero-order valence-electron chi connectivity index (χ0n) is 16.7. The number of alkyl halides is 5. The largest absolute Gasteiger partial charge is 0.489 e. The topological polar surface area (TPSA) is 39.2 Å². The Labute approximate surface area is 190 Å². The summed E-state index contributed by atoms with van der Waals surface area (Å²) in [7, 11) is 0. The first-order valence-corrected chi connectivity index (χ1v) is 10.6. The standard InChI is InChI=1S/C22H17ClF5NO2S/c1-12(30)2-3-13-6-9-16(10-17(13)21(24)25)31-11-18-19(14-4-7-15(23)8-5-14)29-32-20(18)22(26,27)28/h4-10,21H,2-3,11H2,1H3. The maximum absolute atomic E-state index is 13.5. The summed E-state index contributed by atoms with van der Waals surface area (Å²) in [6.07, 6.45) is -7.22. The fourth-order valence-corrected chi connectivity index (χ4v) is 3.95. The third-order valence-electron chi connectivity index (χ3n) is 4.65. The van der Waals surface area contributed by atoms with Gasteiger partial charge in [0.15, 0.2) is 0 Å². The van der Waals surface area contributed by atoms with Crippen molar-refractivity contribution in [1.82, 2.24) is 4.37 Å². The molecule has 3 nitrogen and oxygen atoms in total. The minimum atomic E-state index is -4.65. The number of ether oxygens (including phenoxy) is 1. The first-order valence-electron chi connectivity index (χ1n) is 9.41. The number of aryl methyl sites for hydroxylation is 1. The van der Waals surface area contributed by atoms with E-state index in [4.69, 9.17) is 16.3 Å². The molecule has 0 aliphatic rings. The van der Waals surface area contributed by atoms with Crippen molar-refractivity contribution < 1.29 is 31.5 Å². The monoisotopic (exact) mass is 489 g/mol. The van der Waals surface area contributed by atoms with E-state index >= 15 is 0 Å². The predicted octanol–water partition coefficient (Wildman–Crippen LogP) is 7.52. The Hall–Kier alpha value is -2.52. The van der Waals surface area contributed by atoms with E-state index < -0.39 is 24.1 Å². The number of ketones is 1. The van der Waals surface area contributed by atoms with Gasteiger partial charge in [-0.1, -0.05) is 29.8 Å². The van der Waals surface area contributed by atoms with Gasteiger partial charge in [0.25, 0.3) is 6.43 Å². The molecule has 2 aromatic carbocycles. The SMILES string of the molecule is CC(=O)CCc1ccc(OCc2c(-c3ccc(Cl)cc3)nsc2C(F)(F)F)cc1C(F)F. The second-order valence-corrected chi connectivity index (χ2v) is 8.21. The van der Waals surface area contributed by atoms with Gasteiger partial charge in [0.2, 0.25) is 0 Å². The molecule has 3 aromatic rings. The van der Waals surface area contributed by atoms with Crippen LogP contribution in [0, 0.1) is 0 Å². The van der Waals surface area contributed by atoms with Gasteiger partial charge in [-0.2, -0.15) is 17.5 Å². The van der Waals surface area contributed by atoms with E-state index in [1.165, 1.54) is 31.2 Å². The van der Waals surface area contributed by atoms with E-state index in [-0.39, 0.29) is 46.8 Å². The van der Waals surface area contributed by atoms with Crippen molar-refractivity contribution in [3.63, 3.8) is 0 Å². The van der Waals surface area contributed by atoms with Crippen molar-refractivity contribution in [2.75, 3.05) is 0 Å². The van der Waals surface area contributed by atoms with Gasteiger partial charge < -0.3 is 9.53 Å². The Bertz CT molecular complexity index is 1100. The van der Waals surface area contributed by atoms with Crippen molar-refractivity contribution in [1.29, 1.82) is 0 Å². The molecule has 0 saturated carbocycles. The lowest BCUT2D eigenvalue weighted by Crippen LogP contribution is -2.08. The van der Waals surface area contributed by atoms with E-state index in [1.807, 2.05) is 0 Å². The highest BCUT2D eigenvalue weighted by atomic mass is 35.5. The van der Waals surface area contributed by atoms with Crippen LogP contribution in [0.15, 0.2) is 42.5 Å². The average molecular weight is 490 g/mol. The number of hydrogen-bond donors (Lipinski definition) is 0. The smallest absolute Gasteiger partial charge is 0.427 e. The lowest BCUT2D eigenvalue weighted by Gasteiger charge is -2.14. The second kappa shape index (κ2) is 9.95. The van der Waals surface area contributed by atoms with E-state index in [2.05, 4.69) is 4.37 Å². The highest BCUT2D eigenvalue weighted by molar-refractivity contribution is 7.06. The molecule has 0 bridgehead atoms. The molecule has 1 heterocycles. The van der Waals surface area contributed by atoms with Gasteiger partial charge in [-0.05, 0) is 54.7 Å². The summed E-state index contributed by atoms with van der Waals surface area (Å²) < 4.78 is 76.9. The maximum atomic E-state index is 13.5. The molecule has 170 valence electrons. The summed E-state index contributed by atoms with van der Waals surface area (Å²) in [5.74, 6) is -0.141. The Morgan fingerprint density at radius 1 is 1.16 bits per heavy atom. The molecule has 0 saturated heterocycles. The first kappa shape index (κ1) is 24.1. The molecule has 0 N–H and O–H groups in total. The third kappa shape index (κ3) is 5.83. The number of carbonyl (C=O) groups is 1. The van der Waals surface area contributed by atoms with Crippen molar-refractivity contribution in [3.05, 3.63) is 69.1 Å². The van der Waals surface area contributed by atoms with Gasteiger partial charge >= 0.3 is 6.18 Å². The van der Waals surface area contributed by atoms with Gasteiger partial charge in [0.1, 0.15) is 23.0 Å². The molecule has 3 rings (SSSR count). The average Bonchev–Trinajstić information content (AvgIpc) is 3.16.